The van der Waals surface area contributed by atoms with Crippen molar-refractivity contribution in [2.45, 2.75) is 57.8 Å². The third-order valence-electron chi connectivity index (χ3n) is 4.45. The van der Waals surface area contributed by atoms with Crippen LogP contribution in [0.2, 0.25) is 0 Å². The molecule has 1 aliphatic rings. The number of hydrogen-bond acceptors (Lipinski definition) is 4. The zero-order chi connectivity index (χ0) is 15.2. The number of aliphatic hydroxyl groups is 1. The molecule has 0 bridgehead atoms. The van der Waals surface area contributed by atoms with E-state index in [1.807, 2.05) is 24.3 Å². The normalized spacial score (nSPS) is 24.2. The number of nitrogens with zero attached hydrogens (tertiary/aromatic N) is 1. The molecule has 3 N–H and O–H groups in total. The molecule has 0 radical (unpaired) electrons. The molecule has 1 heterocycles. The first-order valence-electron chi connectivity index (χ1n) is 7.99. The van der Waals surface area contributed by atoms with Gasteiger partial charge in [0, 0.05) is 25.2 Å². The maximum atomic E-state index is 10.2. The zero-order valence-electron chi connectivity index (χ0n) is 13.2. The topological polar surface area (TPSA) is 58.7 Å². The van der Waals surface area contributed by atoms with E-state index < -0.39 is 6.10 Å². The summed E-state index contributed by atoms with van der Waals surface area (Å²) in [5, 5.41) is 10.2. The van der Waals surface area contributed by atoms with E-state index >= 15 is 0 Å². The number of ether oxygens (including phenoxy) is 1. The maximum absolute atomic E-state index is 10.2. The van der Waals surface area contributed by atoms with Crippen molar-refractivity contribution in [2.24, 2.45) is 5.73 Å². The van der Waals surface area contributed by atoms with Gasteiger partial charge >= 0.3 is 0 Å². The zero-order valence-corrected chi connectivity index (χ0v) is 13.2. The van der Waals surface area contributed by atoms with E-state index in [4.69, 9.17) is 10.5 Å². The lowest BCUT2D eigenvalue weighted by Crippen LogP contribution is -2.41. The van der Waals surface area contributed by atoms with Crippen LogP contribution >= 0.6 is 0 Å². The van der Waals surface area contributed by atoms with Crippen molar-refractivity contribution in [1.29, 1.82) is 0 Å². The summed E-state index contributed by atoms with van der Waals surface area (Å²) < 4.78 is 5.66. The van der Waals surface area contributed by atoms with Crippen LogP contribution in [0.15, 0.2) is 24.3 Å². The minimum absolute atomic E-state index is 0.335. The molecule has 2 rings (SSSR count). The number of β-amino-alcohol motifs (C(OH)–C–C–N with tert-alkyl or cyclic N) is 1. The second kappa shape index (κ2) is 7.78. The quantitative estimate of drug-likeness (QED) is 0.808. The molecule has 1 saturated heterocycles. The molecule has 3 atom stereocenters. The summed E-state index contributed by atoms with van der Waals surface area (Å²) in [6.45, 7) is 6.03. The van der Waals surface area contributed by atoms with Crippen molar-refractivity contribution in [2.75, 3.05) is 13.2 Å². The second-order valence-electron chi connectivity index (χ2n) is 6.00. The molecule has 0 saturated carbocycles. The van der Waals surface area contributed by atoms with E-state index in [1.165, 1.54) is 12.8 Å². The van der Waals surface area contributed by atoms with Crippen LogP contribution in [0.3, 0.4) is 0 Å². The highest BCUT2D eigenvalue weighted by Gasteiger charge is 2.30. The Hall–Kier alpha value is -1.10. The van der Waals surface area contributed by atoms with E-state index in [9.17, 15) is 5.11 Å². The molecule has 0 aromatic heterocycles. The van der Waals surface area contributed by atoms with Crippen molar-refractivity contribution in [1.82, 2.24) is 4.90 Å². The summed E-state index contributed by atoms with van der Waals surface area (Å²) in [5.74, 6) is 0.785. The van der Waals surface area contributed by atoms with Crippen molar-refractivity contribution >= 4 is 0 Å². The molecule has 3 unspecified atom stereocenters. The molecule has 1 aliphatic heterocycles. The molecule has 118 valence electrons. The van der Waals surface area contributed by atoms with Crippen LogP contribution in [0.25, 0.3) is 0 Å². The third kappa shape index (κ3) is 4.43. The van der Waals surface area contributed by atoms with Gasteiger partial charge in [-0.05, 0) is 43.9 Å². The van der Waals surface area contributed by atoms with Crippen LogP contribution in [-0.2, 0) is 6.54 Å². The van der Waals surface area contributed by atoms with Gasteiger partial charge in [-0.2, -0.15) is 0 Å². The highest BCUT2D eigenvalue weighted by molar-refractivity contribution is 5.27. The standard InChI is InChI=1S/C17H28N2O2/c1-3-15-7-4-13(2)19(15)11-16(20)12-21-17-8-5-14(10-18)6-9-17/h5-6,8-9,13,15-16,20H,3-4,7,10-12,18H2,1-2H3. The Morgan fingerprint density at radius 1 is 1.33 bits per heavy atom. The molecule has 0 aliphatic carbocycles. The Kier molecular flexibility index (Phi) is 6.03. The minimum Gasteiger partial charge on any atom is -0.491 e. The molecule has 0 amide bonds. The number of hydrogen-bond donors (Lipinski definition) is 2. The van der Waals surface area contributed by atoms with Gasteiger partial charge in [-0.15, -0.1) is 0 Å². The molecule has 1 aromatic rings. The molecule has 4 heteroatoms. The van der Waals surface area contributed by atoms with Gasteiger partial charge in [-0.25, -0.2) is 0 Å². The van der Waals surface area contributed by atoms with E-state index in [0.717, 1.165) is 17.7 Å². The molecule has 4 nitrogen and oxygen atoms in total. The van der Waals surface area contributed by atoms with Gasteiger partial charge in [-0.1, -0.05) is 19.1 Å². The number of nitrogens with two attached hydrogens (primary N) is 1. The first-order chi connectivity index (χ1) is 10.1. The monoisotopic (exact) mass is 292 g/mol. The number of likely N-dealkylation sites (tertiary alicyclic amines) is 1. The van der Waals surface area contributed by atoms with E-state index in [-0.39, 0.29) is 0 Å². The molecule has 1 fully saturated rings. The lowest BCUT2D eigenvalue weighted by atomic mass is 10.1. The Balaban J connectivity index is 1.79. The van der Waals surface area contributed by atoms with Gasteiger partial charge in [0.1, 0.15) is 18.5 Å². The van der Waals surface area contributed by atoms with E-state index in [2.05, 4.69) is 18.7 Å². The van der Waals surface area contributed by atoms with Gasteiger partial charge in [0.2, 0.25) is 0 Å². The summed E-state index contributed by atoms with van der Waals surface area (Å²) >= 11 is 0. The molecule has 0 spiro atoms. The van der Waals surface area contributed by atoms with Gasteiger partial charge < -0.3 is 15.6 Å². The first-order valence-corrected chi connectivity index (χ1v) is 7.99. The van der Waals surface area contributed by atoms with Crippen molar-refractivity contribution < 1.29 is 9.84 Å². The van der Waals surface area contributed by atoms with E-state index in [0.29, 0.717) is 31.8 Å². The fraction of sp³-hybridized carbons (Fsp3) is 0.647. The second-order valence-corrected chi connectivity index (χ2v) is 6.00. The van der Waals surface area contributed by atoms with Crippen LogP contribution < -0.4 is 10.5 Å². The molecular formula is C17H28N2O2. The minimum atomic E-state index is -0.450. The Morgan fingerprint density at radius 3 is 2.67 bits per heavy atom. The largest absolute Gasteiger partial charge is 0.491 e. The number of rotatable bonds is 7. The Bertz CT molecular complexity index is 421. The highest BCUT2D eigenvalue weighted by atomic mass is 16.5. The lowest BCUT2D eigenvalue weighted by molar-refractivity contribution is 0.0514. The summed E-state index contributed by atoms with van der Waals surface area (Å²) in [4.78, 5) is 2.42. The van der Waals surface area contributed by atoms with Crippen molar-refractivity contribution in [3.05, 3.63) is 29.8 Å². The Morgan fingerprint density at radius 2 is 2.05 bits per heavy atom. The number of benzene rings is 1. The lowest BCUT2D eigenvalue weighted by Gasteiger charge is -2.29. The SMILES string of the molecule is CCC1CCC(C)N1CC(O)COc1ccc(CN)cc1. The van der Waals surface area contributed by atoms with Gasteiger partial charge in [0.25, 0.3) is 0 Å². The van der Waals surface area contributed by atoms with Crippen LogP contribution in [0, 0.1) is 0 Å². The Labute approximate surface area is 127 Å². The van der Waals surface area contributed by atoms with Crippen LogP contribution in [0.1, 0.15) is 38.7 Å². The number of aliphatic hydroxyl groups excluding tert-OH is 1. The van der Waals surface area contributed by atoms with Crippen molar-refractivity contribution in [3.8, 4) is 5.75 Å². The van der Waals surface area contributed by atoms with Crippen LogP contribution in [0.5, 0.6) is 5.75 Å². The predicted molar refractivity (Wildman–Crippen MR) is 85.3 cm³/mol. The van der Waals surface area contributed by atoms with E-state index in [1.54, 1.807) is 0 Å². The van der Waals surface area contributed by atoms with Crippen molar-refractivity contribution in [3.63, 3.8) is 0 Å². The van der Waals surface area contributed by atoms with Gasteiger partial charge in [0.15, 0.2) is 0 Å². The van der Waals surface area contributed by atoms with Gasteiger partial charge in [0.05, 0.1) is 0 Å². The molecular weight excluding hydrogens is 264 g/mol. The molecule has 21 heavy (non-hydrogen) atoms. The van der Waals surface area contributed by atoms with Crippen LogP contribution in [-0.4, -0.2) is 41.3 Å². The average Bonchev–Trinajstić information content (AvgIpc) is 2.86. The first kappa shape index (κ1) is 16.3. The summed E-state index contributed by atoms with van der Waals surface area (Å²) in [7, 11) is 0. The molecule has 1 aromatic carbocycles. The summed E-state index contributed by atoms with van der Waals surface area (Å²) in [6.07, 6.45) is 3.17. The average molecular weight is 292 g/mol. The van der Waals surface area contributed by atoms with Crippen LogP contribution in [0.4, 0.5) is 0 Å². The maximum Gasteiger partial charge on any atom is 0.119 e. The fourth-order valence-corrected chi connectivity index (χ4v) is 3.10. The summed E-state index contributed by atoms with van der Waals surface area (Å²) in [6, 6.07) is 8.89. The predicted octanol–water partition coefficient (Wildman–Crippen LogP) is 2.15. The van der Waals surface area contributed by atoms with Gasteiger partial charge in [-0.3, -0.25) is 4.90 Å². The smallest absolute Gasteiger partial charge is 0.119 e. The summed E-state index contributed by atoms with van der Waals surface area (Å²) in [5.41, 5.74) is 6.65. The third-order valence-corrected chi connectivity index (χ3v) is 4.45. The highest BCUT2D eigenvalue weighted by Crippen LogP contribution is 2.26. The fourth-order valence-electron chi connectivity index (χ4n) is 3.10.